The van der Waals surface area contributed by atoms with Gasteiger partial charge in [0, 0.05) is 41.3 Å². The third-order valence-corrected chi connectivity index (χ3v) is 4.70. The molecule has 0 radical (unpaired) electrons. The Kier molecular flexibility index (Phi) is 6.76. The number of hydrogen-bond acceptors (Lipinski definition) is 4. The highest BCUT2D eigenvalue weighted by Gasteiger charge is 2.12. The van der Waals surface area contributed by atoms with Gasteiger partial charge in [0.15, 0.2) is 0 Å². The van der Waals surface area contributed by atoms with Crippen LogP contribution in [0.3, 0.4) is 0 Å². The second-order valence-corrected chi connectivity index (χ2v) is 6.95. The Morgan fingerprint density at radius 2 is 1.79 bits per heavy atom. The van der Waals surface area contributed by atoms with Crippen LogP contribution in [0.5, 0.6) is 0 Å². The van der Waals surface area contributed by atoms with Crippen molar-refractivity contribution in [2.45, 2.75) is 19.1 Å². The van der Waals surface area contributed by atoms with E-state index in [1.807, 2.05) is 43.3 Å². The molecule has 0 aliphatic carbocycles. The molecule has 0 spiro atoms. The fraction of sp³-hybridized carbons (Fsp3) is 0.182. The van der Waals surface area contributed by atoms with E-state index < -0.39 is 6.10 Å². The van der Waals surface area contributed by atoms with Crippen LogP contribution in [0.4, 0.5) is 5.69 Å². The second kappa shape index (κ2) is 9.46. The molecule has 0 saturated carbocycles. The Labute approximate surface area is 169 Å². The van der Waals surface area contributed by atoms with Crippen LogP contribution < -0.4 is 10.6 Å². The molecule has 0 fully saturated rings. The van der Waals surface area contributed by atoms with Crippen LogP contribution in [0.15, 0.2) is 73.1 Å². The number of hydrogen-bond donors (Lipinski definition) is 3. The first-order valence-corrected chi connectivity index (χ1v) is 9.39. The Morgan fingerprint density at radius 1 is 1.07 bits per heavy atom. The van der Waals surface area contributed by atoms with Crippen molar-refractivity contribution in [3.63, 3.8) is 0 Å². The quantitative estimate of drug-likeness (QED) is 0.555. The van der Waals surface area contributed by atoms with Gasteiger partial charge in [-0.1, -0.05) is 35.9 Å². The number of anilines is 1. The first kappa shape index (κ1) is 20.0. The van der Waals surface area contributed by atoms with Crippen LogP contribution in [0.1, 0.15) is 40.6 Å². The lowest BCUT2D eigenvalue weighted by Gasteiger charge is -2.18. The first-order valence-electron chi connectivity index (χ1n) is 9.01. The summed E-state index contributed by atoms with van der Waals surface area (Å²) in [6.45, 7) is 2.43. The predicted molar refractivity (Wildman–Crippen MR) is 111 cm³/mol. The molecule has 6 heteroatoms. The maximum absolute atomic E-state index is 12.2. The maximum Gasteiger partial charge on any atom is 0.255 e. The lowest BCUT2D eigenvalue weighted by Crippen LogP contribution is -2.24. The molecule has 1 amide bonds. The SMILES string of the molecule is CC(NCC(O)c1cccc(Cl)c1)c1ccc(NC(=O)c2ccncc2)cc1. The summed E-state index contributed by atoms with van der Waals surface area (Å²) in [6.07, 6.45) is 2.53. The van der Waals surface area contributed by atoms with Gasteiger partial charge in [-0.25, -0.2) is 0 Å². The van der Waals surface area contributed by atoms with Gasteiger partial charge in [0.05, 0.1) is 6.10 Å². The van der Waals surface area contributed by atoms with E-state index in [9.17, 15) is 9.90 Å². The van der Waals surface area contributed by atoms with Crippen LogP contribution in [0.25, 0.3) is 0 Å². The second-order valence-electron chi connectivity index (χ2n) is 6.51. The number of rotatable bonds is 7. The Morgan fingerprint density at radius 3 is 2.46 bits per heavy atom. The van der Waals surface area contributed by atoms with Gasteiger partial charge in [-0.2, -0.15) is 0 Å². The molecule has 0 bridgehead atoms. The van der Waals surface area contributed by atoms with Gasteiger partial charge in [0.1, 0.15) is 0 Å². The Balaban J connectivity index is 1.54. The van der Waals surface area contributed by atoms with Crippen LogP contribution >= 0.6 is 11.6 Å². The predicted octanol–water partition coefficient (Wildman–Crippen LogP) is 4.37. The van der Waals surface area contributed by atoms with Crippen molar-refractivity contribution in [2.24, 2.45) is 0 Å². The largest absolute Gasteiger partial charge is 0.387 e. The number of amides is 1. The van der Waals surface area contributed by atoms with E-state index in [1.165, 1.54) is 0 Å². The van der Waals surface area contributed by atoms with E-state index >= 15 is 0 Å². The summed E-state index contributed by atoms with van der Waals surface area (Å²) in [5, 5.41) is 17.1. The normalized spacial score (nSPS) is 13.0. The summed E-state index contributed by atoms with van der Waals surface area (Å²) in [5.74, 6) is -0.175. The van der Waals surface area contributed by atoms with Crippen LogP contribution in [-0.2, 0) is 0 Å². The van der Waals surface area contributed by atoms with Crippen molar-refractivity contribution in [1.29, 1.82) is 0 Å². The van der Waals surface area contributed by atoms with Gasteiger partial charge in [0.25, 0.3) is 5.91 Å². The van der Waals surface area contributed by atoms with E-state index in [-0.39, 0.29) is 11.9 Å². The molecular formula is C22H22ClN3O2. The lowest BCUT2D eigenvalue weighted by molar-refractivity contribution is 0.102. The van der Waals surface area contributed by atoms with Gasteiger partial charge < -0.3 is 15.7 Å². The summed E-state index contributed by atoms with van der Waals surface area (Å²) in [4.78, 5) is 16.1. The van der Waals surface area contributed by atoms with Crippen LogP contribution in [0, 0.1) is 0 Å². The Bertz CT molecular complexity index is 917. The first-order chi connectivity index (χ1) is 13.5. The molecule has 2 unspecified atom stereocenters. The molecule has 3 aromatic rings. The van der Waals surface area contributed by atoms with E-state index in [0.717, 1.165) is 16.8 Å². The average molecular weight is 396 g/mol. The maximum atomic E-state index is 12.2. The standard InChI is InChI=1S/C22H22ClN3O2/c1-15(25-14-21(27)18-3-2-4-19(23)13-18)16-5-7-20(8-6-16)26-22(28)17-9-11-24-12-10-17/h2-13,15,21,25,27H,14H2,1H3,(H,26,28). The zero-order chi connectivity index (χ0) is 19.9. The van der Waals surface area contributed by atoms with Gasteiger partial charge in [-0.3, -0.25) is 9.78 Å². The number of carbonyl (C=O) groups is 1. The number of carbonyl (C=O) groups excluding carboxylic acids is 1. The van der Waals surface area contributed by atoms with E-state index in [0.29, 0.717) is 17.1 Å². The molecule has 1 heterocycles. The molecule has 2 atom stereocenters. The van der Waals surface area contributed by atoms with Crippen molar-refractivity contribution in [3.05, 3.63) is 94.8 Å². The van der Waals surface area contributed by atoms with Gasteiger partial charge in [-0.05, 0) is 54.4 Å². The number of halogens is 1. The fourth-order valence-electron chi connectivity index (χ4n) is 2.80. The summed E-state index contributed by atoms with van der Waals surface area (Å²) < 4.78 is 0. The number of benzene rings is 2. The summed E-state index contributed by atoms with van der Waals surface area (Å²) >= 11 is 5.97. The monoisotopic (exact) mass is 395 g/mol. The van der Waals surface area contributed by atoms with Crippen molar-refractivity contribution in [3.8, 4) is 0 Å². The van der Waals surface area contributed by atoms with Gasteiger partial charge in [0.2, 0.25) is 0 Å². The van der Waals surface area contributed by atoms with Crippen LogP contribution in [0.2, 0.25) is 5.02 Å². The summed E-state index contributed by atoms with van der Waals surface area (Å²) in [5.41, 5.74) is 3.11. The van der Waals surface area contributed by atoms with E-state index in [1.54, 1.807) is 36.7 Å². The zero-order valence-electron chi connectivity index (χ0n) is 15.5. The third-order valence-electron chi connectivity index (χ3n) is 4.46. The molecule has 2 aromatic carbocycles. The third kappa shape index (κ3) is 5.39. The molecule has 144 valence electrons. The molecule has 3 rings (SSSR count). The number of pyridine rings is 1. The van der Waals surface area contributed by atoms with Gasteiger partial charge >= 0.3 is 0 Å². The molecular weight excluding hydrogens is 374 g/mol. The summed E-state index contributed by atoms with van der Waals surface area (Å²) in [6, 6.07) is 18.2. The number of aliphatic hydroxyl groups excluding tert-OH is 1. The summed E-state index contributed by atoms with van der Waals surface area (Å²) in [7, 11) is 0. The minimum atomic E-state index is -0.639. The molecule has 28 heavy (non-hydrogen) atoms. The Hall–Kier alpha value is -2.73. The van der Waals surface area contributed by atoms with E-state index in [2.05, 4.69) is 15.6 Å². The molecule has 0 aliphatic rings. The van der Waals surface area contributed by atoms with Crippen molar-refractivity contribution < 1.29 is 9.90 Å². The molecule has 0 aliphatic heterocycles. The fourth-order valence-corrected chi connectivity index (χ4v) is 3.00. The molecule has 0 saturated heterocycles. The molecule has 5 nitrogen and oxygen atoms in total. The molecule has 3 N–H and O–H groups in total. The van der Waals surface area contributed by atoms with E-state index in [4.69, 9.17) is 11.6 Å². The number of nitrogens with zero attached hydrogens (tertiary/aromatic N) is 1. The number of nitrogens with one attached hydrogen (secondary N) is 2. The van der Waals surface area contributed by atoms with Crippen LogP contribution in [-0.4, -0.2) is 22.5 Å². The highest BCUT2D eigenvalue weighted by Crippen LogP contribution is 2.20. The van der Waals surface area contributed by atoms with Crippen molar-refractivity contribution >= 4 is 23.2 Å². The highest BCUT2D eigenvalue weighted by atomic mass is 35.5. The zero-order valence-corrected chi connectivity index (χ0v) is 16.2. The van der Waals surface area contributed by atoms with Crippen molar-refractivity contribution in [1.82, 2.24) is 10.3 Å². The lowest BCUT2D eigenvalue weighted by atomic mass is 10.1. The topological polar surface area (TPSA) is 74.2 Å². The highest BCUT2D eigenvalue weighted by molar-refractivity contribution is 6.30. The average Bonchev–Trinajstić information content (AvgIpc) is 2.73. The number of aliphatic hydroxyl groups is 1. The van der Waals surface area contributed by atoms with Crippen molar-refractivity contribution in [2.75, 3.05) is 11.9 Å². The number of aromatic nitrogens is 1. The van der Waals surface area contributed by atoms with Gasteiger partial charge in [-0.15, -0.1) is 0 Å². The molecule has 1 aromatic heterocycles. The smallest absolute Gasteiger partial charge is 0.255 e. The minimum Gasteiger partial charge on any atom is -0.387 e. The minimum absolute atomic E-state index is 0.0405.